The molecule has 0 aromatic carbocycles. The number of carbonyl (C=O) groups is 2. The number of allylic oxidation sites excluding steroid dienone is 2. The van der Waals surface area contributed by atoms with Gasteiger partial charge in [0.15, 0.2) is 5.78 Å². The zero-order chi connectivity index (χ0) is 11.8. The van der Waals surface area contributed by atoms with Crippen LogP contribution in [0.15, 0.2) is 11.6 Å². The monoisotopic (exact) mass is 208 g/mol. The number of hydrogen-bond donors (Lipinski definition) is 0. The van der Waals surface area contributed by atoms with Crippen LogP contribution >= 0.6 is 0 Å². The molecule has 2 unspecified atom stereocenters. The minimum Gasteiger partial charge on any atom is -0.300 e. The Morgan fingerprint density at radius 2 is 1.80 bits per heavy atom. The van der Waals surface area contributed by atoms with E-state index in [1.165, 1.54) is 0 Å². The molecule has 0 amide bonds. The van der Waals surface area contributed by atoms with Crippen molar-refractivity contribution in [2.75, 3.05) is 0 Å². The first-order valence-electron chi connectivity index (χ1n) is 5.54. The van der Waals surface area contributed by atoms with Crippen LogP contribution in [0.5, 0.6) is 0 Å². The van der Waals surface area contributed by atoms with Crippen LogP contribution in [0.3, 0.4) is 0 Å². The van der Waals surface area contributed by atoms with Gasteiger partial charge < -0.3 is 0 Å². The Labute approximate surface area is 91.7 Å². The summed E-state index contributed by atoms with van der Waals surface area (Å²) in [5.41, 5.74) is 0.902. The van der Waals surface area contributed by atoms with Crippen LogP contribution in [-0.2, 0) is 9.59 Å². The smallest absolute Gasteiger partial charge is 0.155 e. The van der Waals surface area contributed by atoms with Crippen LogP contribution in [0.25, 0.3) is 0 Å². The van der Waals surface area contributed by atoms with Crippen molar-refractivity contribution in [3.8, 4) is 0 Å². The molecule has 0 bridgehead atoms. The van der Waals surface area contributed by atoms with E-state index in [1.807, 2.05) is 13.0 Å². The number of carbonyl (C=O) groups excluding carboxylic acids is 2. The van der Waals surface area contributed by atoms with Crippen molar-refractivity contribution in [3.05, 3.63) is 11.6 Å². The third-order valence-corrected chi connectivity index (χ3v) is 3.56. The molecular formula is C13H20O2. The predicted octanol–water partition coefficient (Wildman–Crippen LogP) is 2.77. The Balaban J connectivity index is 2.85. The van der Waals surface area contributed by atoms with Gasteiger partial charge in [0.2, 0.25) is 0 Å². The second-order valence-corrected chi connectivity index (χ2v) is 5.04. The Morgan fingerprint density at radius 3 is 2.07 bits per heavy atom. The van der Waals surface area contributed by atoms with E-state index in [-0.39, 0.29) is 28.8 Å². The highest BCUT2D eigenvalue weighted by atomic mass is 16.1. The van der Waals surface area contributed by atoms with Crippen molar-refractivity contribution < 1.29 is 9.59 Å². The minimum absolute atomic E-state index is 0.0434. The zero-order valence-corrected chi connectivity index (χ0v) is 10.3. The van der Waals surface area contributed by atoms with E-state index in [4.69, 9.17) is 0 Å². The van der Waals surface area contributed by atoms with Crippen molar-refractivity contribution in [3.63, 3.8) is 0 Å². The van der Waals surface area contributed by atoms with Crippen molar-refractivity contribution in [2.45, 2.75) is 41.0 Å². The summed E-state index contributed by atoms with van der Waals surface area (Å²) in [5, 5.41) is 0. The number of ketones is 2. The molecule has 0 aromatic rings. The van der Waals surface area contributed by atoms with E-state index >= 15 is 0 Å². The normalized spacial score (nSPS) is 28.7. The fourth-order valence-electron chi connectivity index (χ4n) is 2.47. The first-order valence-corrected chi connectivity index (χ1v) is 5.54. The van der Waals surface area contributed by atoms with Gasteiger partial charge in [0, 0.05) is 5.92 Å². The first-order chi connectivity index (χ1) is 6.82. The molecule has 2 nitrogen and oxygen atoms in total. The Hall–Kier alpha value is -0.920. The summed E-state index contributed by atoms with van der Waals surface area (Å²) in [4.78, 5) is 22.6. The summed E-state index contributed by atoms with van der Waals surface area (Å²) in [6, 6.07) is 0. The molecular weight excluding hydrogens is 188 g/mol. The number of hydrogen-bond acceptors (Lipinski definition) is 2. The molecule has 2 atom stereocenters. The van der Waals surface area contributed by atoms with Crippen LogP contribution in [0, 0.1) is 17.3 Å². The SMILES string of the molecule is CC/C(=C/C1C(C(C)=O)C1(C)C)C(C)=O. The summed E-state index contributed by atoms with van der Waals surface area (Å²) < 4.78 is 0. The van der Waals surface area contributed by atoms with E-state index in [0.717, 1.165) is 12.0 Å². The van der Waals surface area contributed by atoms with Crippen molar-refractivity contribution in [2.24, 2.45) is 17.3 Å². The topological polar surface area (TPSA) is 34.1 Å². The third kappa shape index (κ3) is 2.19. The Bertz CT molecular complexity index is 323. The zero-order valence-electron chi connectivity index (χ0n) is 10.3. The maximum atomic E-state index is 11.4. The highest BCUT2D eigenvalue weighted by Gasteiger charge is 2.58. The van der Waals surface area contributed by atoms with Gasteiger partial charge in [0.1, 0.15) is 5.78 Å². The van der Waals surface area contributed by atoms with Gasteiger partial charge in [0.05, 0.1) is 0 Å². The lowest BCUT2D eigenvalue weighted by molar-refractivity contribution is -0.119. The lowest BCUT2D eigenvalue weighted by Gasteiger charge is -2.00. The van der Waals surface area contributed by atoms with Crippen molar-refractivity contribution in [1.82, 2.24) is 0 Å². The molecule has 84 valence electrons. The van der Waals surface area contributed by atoms with Gasteiger partial charge in [-0.1, -0.05) is 26.8 Å². The van der Waals surface area contributed by atoms with Gasteiger partial charge in [-0.2, -0.15) is 0 Å². The maximum absolute atomic E-state index is 11.4. The molecule has 2 heteroatoms. The van der Waals surface area contributed by atoms with Crippen molar-refractivity contribution in [1.29, 1.82) is 0 Å². The Kier molecular flexibility index (Phi) is 3.17. The molecule has 0 aliphatic heterocycles. The maximum Gasteiger partial charge on any atom is 0.155 e. The molecule has 1 fully saturated rings. The molecule has 0 spiro atoms. The largest absolute Gasteiger partial charge is 0.300 e. The molecule has 1 rings (SSSR count). The molecule has 1 aliphatic rings. The summed E-state index contributed by atoms with van der Waals surface area (Å²) >= 11 is 0. The number of Topliss-reactive ketones (excluding diaryl/α,β-unsaturated/α-hetero) is 2. The van der Waals surface area contributed by atoms with Crippen LogP contribution in [0.4, 0.5) is 0 Å². The van der Waals surface area contributed by atoms with Gasteiger partial charge in [-0.25, -0.2) is 0 Å². The molecule has 1 aliphatic carbocycles. The van der Waals surface area contributed by atoms with Crippen molar-refractivity contribution >= 4 is 11.6 Å². The van der Waals surface area contributed by atoms with Crippen LogP contribution in [-0.4, -0.2) is 11.6 Å². The summed E-state index contributed by atoms with van der Waals surface area (Å²) in [6.45, 7) is 9.39. The van der Waals surface area contributed by atoms with E-state index < -0.39 is 0 Å². The van der Waals surface area contributed by atoms with Gasteiger partial charge >= 0.3 is 0 Å². The van der Waals surface area contributed by atoms with Gasteiger partial charge in [-0.15, -0.1) is 0 Å². The molecule has 0 heterocycles. The summed E-state index contributed by atoms with van der Waals surface area (Å²) in [6.07, 6.45) is 2.76. The van der Waals surface area contributed by atoms with Gasteiger partial charge in [-0.3, -0.25) is 9.59 Å². The second kappa shape index (κ2) is 3.92. The summed E-state index contributed by atoms with van der Waals surface area (Å²) in [5.74, 6) is 0.731. The molecule has 0 saturated heterocycles. The third-order valence-electron chi connectivity index (χ3n) is 3.56. The van der Waals surface area contributed by atoms with Gasteiger partial charge in [-0.05, 0) is 37.2 Å². The molecule has 0 aromatic heterocycles. The molecule has 0 N–H and O–H groups in total. The number of rotatable bonds is 4. The lowest BCUT2D eigenvalue weighted by Crippen LogP contribution is -1.99. The average Bonchev–Trinajstić information content (AvgIpc) is 2.63. The summed E-state index contributed by atoms with van der Waals surface area (Å²) in [7, 11) is 0. The van der Waals surface area contributed by atoms with E-state index in [9.17, 15) is 9.59 Å². The highest BCUT2D eigenvalue weighted by Crippen LogP contribution is 2.59. The molecule has 15 heavy (non-hydrogen) atoms. The lowest BCUT2D eigenvalue weighted by atomic mass is 10.0. The minimum atomic E-state index is 0.0434. The average molecular weight is 208 g/mol. The Morgan fingerprint density at radius 1 is 1.27 bits per heavy atom. The second-order valence-electron chi connectivity index (χ2n) is 5.04. The van der Waals surface area contributed by atoms with Crippen LogP contribution in [0.2, 0.25) is 0 Å². The highest BCUT2D eigenvalue weighted by molar-refractivity contribution is 5.93. The van der Waals surface area contributed by atoms with E-state index in [0.29, 0.717) is 0 Å². The molecule has 1 saturated carbocycles. The molecule has 0 radical (unpaired) electrons. The fourth-order valence-corrected chi connectivity index (χ4v) is 2.47. The fraction of sp³-hybridized carbons (Fsp3) is 0.692. The van der Waals surface area contributed by atoms with E-state index in [2.05, 4.69) is 13.8 Å². The van der Waals surface area contributed by atoms with E-state index in [1.54, 1.807) is 13.8 Å². The van der Waals surface area contributed by atoms with Crippen LogP contribution in [0.1, 0.15) is 41.0 Å². The predicted molar refractivity (Wildman–Crippen MR) is 60.5 cm³/mol. The van der Waals surface area contributed by atoms with Crippen LogP contribution < -0.4 is 0 Å². The quantitative estimate of drug-likeness (QED) is 0.666. The standard InChI is InChI=1S/C13H20O2/c1-6-10(8(2)14)7-11-12(9(3)15)13(11,4)5/h7,11-12H,6H2,1-5H3/b10-7-. The van der Waals surface area contributed by atoms with Gasteiger partial charge in [0.25, 0.3) is 0 Å². The first kappa shape index (κ1) is 12.2.